The number of nitrogens with one attached hydrogen (secondary N) is 1. The first-order valence-corrected chi connectivity index (χ1v) is 5.38. The molecule has 74 valence electrons. The predicted molar refractivity (Wildman–Crippen MR) is 61.1 cm³/mol. The Bertz CT molecular complexity index is 598. The molecule has 3 aromatic rings. The van der Waals surface area contributed by atoms with Crippen molar-refractivity contribution in [1.29, 1.82) is 0 Å². The van der Waals surface area contributed by atoms with Crippen molar-refractivity contribution in [3.05, 3.63) is 36.5 Å². The summed E-state index contributed by atoms with van der Waals surface area (Å²) in [4.78, 5) is 7.59. The number of hydrogen-bond donors (Lipinski definition) is 2. The molecule has 0 aliphatic rings. The molecule has 0 fully saturated rings. The summed E-state index contributed by atoms with van der Waals surface area (Å²) < 4.78 is 1.000. The highest BCUT2D eigenvalue weighted by Crippen LogP contribution is 2.30. The molecule has 0 spiro atoms. The van der Waals surface area contributed by atoms with Gasteiger partial charge in [0.2, 0.25) is 0 Å². The normalized spacial score (nSPS) is 10.9. The van der Waals surface area contributed by atoms with E-state index in [4.69, 9.17) is 0 Å². The molecule has 3 rings (SSSR count). The number of aromatic amines is 1. The number of thiazole rings is 1. The molecule has 0 radical (unpaired) electrons. The zero-order chi connectivity index (χ0) is 10.3. The number of rotatable bonds is 1. The predicted octanol–water partition coefficient (Wildman–Crippen LogP) is 3.00. The van der Waals surface area contributed by atoms with Crippen molar-refractivity contribution < 1.29 is 5.11 Å². The van der Waals surface area contributed by atoms with Gasteiger partial charge in [0.25, 0.3) is 0 Å². The Hall–Kier alpha value is -1.81. The number of aromatic hydroxyl groups is 1. The molecule has 0 saturated heterocycles. The Morgan fingerprint density at radius 3 is 3.00 bits per heavy atom. The van der Waals surface area contributed by atoms with Gasteiger partial charge in [-0.15, -0.1) is 11.3 Å². The van der Waals surface area contributed by atoms with Gasteiger partial charge in [-0.25, -0.2) is 4.98 Å². The second kappa shape index (κ2) is 3.10. The fourth-order valence-corrected chi connectivity index (χ4v) is 2.48. The van der Waals surface area contributed by atoms with Crippen molar-refractivity contribution in [2.45, 2.75) is 0 Å². The van der Waals surface area contributed by atoms with E-state index in [-0.39, 0.29) is 5.75 Å². The van der Waals surface area contributed by atoms with E-state index in [1.54, 1.807) is 23.5 Å². The fourth-order valence-electron chi connectivity index (χ4n) is 1.49. The summed E-state index contributed by atoms with van der Waals surface area (Å²) in [7, 11) is 0. The van der Waals surface area contributed by atoms with Gasteiger partial charge in [-0.3, -0.25) is 0 Å². The molecule has 2 heterocycles. The largest absolute Gasteiger partial charge is 0.508 e. The number of nitrogens with zero attached hydrogens (tertiary/aromatic N) is 1. The third kappa shape index (κ3) is 1.39. The van der Waals surface area contributed by atoms with Crippen molar-refractivity contribution in [3.63, 3.8) is 0 Å². The monoisotopic (exact) mass is 216 g/mol. The van der Waals surface area contributed by atoms with Gasteiger partial charge in [0, 0.05) is 6.20 Å². The van der Waals surface area contributed by atoms with Gasteiger partial charge in [-0.2, -0.15) is 0 Å². The quantitative estimate of drug-likeness (QED) is 0.657. The zero-order valence-corrected chi connectivity index (χ0v) is 8.58. The van der Waals surface area contributed by atoms with Crippen LogP contribution in [0.5, 0.6) is 5.75 Å². The first kappa shape index (κ1) is 8.49. The lowest BCUT2D eigenvalue weighted by atomic mass is 10.3. The first-order valence-electron chi connectivity index (χ1n) is 4.56. The van der Waals surface area contributed by atoms with Gasteiger partial charge in [0.05, 0.1) is 15.9 Å². The molecule has 0 aliphatic carbocycles. The first-order chi connectivity index (χ1) is 7.33. The SMILES string of the molecule is Oc1ccc2nc(-c3ccc[nH]3)sc2c1. The molecule has 4 heteroatoms. The number of H-pyrrole nitrogens is 1. The van der Waals surface area contributed by atoms with Crippen LogP contribution in [0.2, 0.25) is 0 Å². The molecule has 0 bridgehead atoms. The number of hydrogen-bond acceptors (Lipinski definition) is 3. The Morgan fingerprint density at radius 1 is 1.27 bits per heavy atom. The van der Waals surface area contributed by atoms with E-state index in [0.29, 0.717) is 0 Å². The van der Waals surface area contributed by atoms with Gasteiger partial charge >= 0.3 is 0 Å². The third-order valence-electron chi connectivity index (χ3n) is 2.20. The maximum atomic E-state index is 9.34. The van der Waals surface area contributed by atoms with Crippen LogP contribution in [0.15, 0.2) is 36.5 Å². The molecular formula is C11H8N2OS. The van der Waals surface area contributed by atoms with E-state index in [1.807, 2.05) is 24.4 Å². The summed E-state index contributed by atoms with van der Waals surface area (Å²) >= 11 is 1.57. The van der Waals surface area contributed by atoms with Gasteiger partial charge in [0.15, 0.2) is 0 Å². The summed E-state index contributed by atoms with van der Waals surface area (Å²) in [5, 5.41) is 10.3. The minimum atomic E-state index is 0.282. The molecule has 1 aromatic carbocycles. The van der Waals surface area contributed by atoms with Crippen molar-refractivity contribution in [3.8, 4) is 16.5 Å². The summed E-state index contributed by atoms with van der Waals surface area (Å²) in [6, 6.07) is 9.14. The smallest absolute Gasteiger partial charge is 0.140 e. The number of phenolic OH excluding ortho intramolecular Hbond substituents is 1. The lowest BCUT2D eigenvalue weighted by Gasteiger charge is -1.87. The minimum Gasteiger partial charge on any atom is -0.508 e. The van der Waals surface area contributed by atoms with E-state index < -0.39 is 0 Å². The van der Waals surface area contributed by atoms with Crippen molar-refractivity contribution >= 4 is 21.6 Å². The van der Waals surface area contributed by atoms with Gasteiger partial charge < -0.3 is 10.1 Å². The standard InChI is InChI=1S/C11H8N2OS/c14-7-3-4-8-10(6-7)15-11(13-8)9-2-1-5-12-9/h1-6,12,14H. The topological polar surface area (TPSA) is 48.9 Å². The number of fused-ring (bicyclic) bond motifs is 1. The molecule has 0 atom stereocenters. The van der Waals surface area contributed by atoms with E-state index in [9.17, 15) is 5.11 Å². The maximum absolute atomic E-state index is 9.34. The number of aromatic nitrogens is 2. The summed E-state index contributed by atoms with van der Waals surface area (Å²) in [5.41, 5.74) is 1.93. The Labute approximate surface area is 90.0 Å². The molecule has 0 aliphatic heterocycles. The molecule has 2 aromatic heterocycles. The Kier molecular flexibility index (Phi) is 1.76. The third-order valence-corrected chi connectivity index (χ3v) is 3.25. The summed E-state index contributed by atoms with van der Waals surface area (Å²) in [5.74, 6) is 0.282. The summed E-state index contributed by atoms with van der Waals surface area (Å²) in [6.07, 6.45) is 1.87. The molecule has 0 unspecified atom stereocenters. The van der Waals surface area contributed by atoms with Crippen LogP contribution in [0.3, 0.4) is 0 Å². The zero-order valence-electron chi connectivity index (χ0n) is 7.77. The van der Waals surface area contributed by atoms with Crippen molar-refractivity contribution in [1.82, 2.24) is 9.97 Å². The van der Waals surface area contributed by atoms with E-state index in [0.717, 1.165) is 20.9 Å². The molecule has 3 nitrogen and oxygen atoms in total. The molecule has 15 heavy (non-hydrogen) atoms. The highest BCUT2D eigenvalue weighted by atomic mass is 32.1. The second-order valence-corrected chi connectivity index (χ2v) is 4.29. The van der Waals surface area contributed by atoms with Gasteiger partial charge in [-0.05, 0) is 30.3 Å². The summed E-state index contributed by atoms with van der Waals surface area (Å²) in [6.45, 7) is 0. The van der Waals surface area contributed by atoms with E-state index in [2.05, 4.69) is 9.97 Å². The Balaban J connectivity index is 2.22. The van der Waals surface area contributed by atoms with Crippen LogP contribution in [-0.2, 0) is 0 Å². The van der Waals surface area contributed by atoms with Crippen LogP contribution in [0.4, 0.5) is 0 Å². The molecular weight excluding hydrogens is 208 g/mol. The highest BCUT2D eigenvalue weighted by Gasteiger charge is 2.06. The average molecular weight is 216 g/mol. The van der Waals surface area contributed by atoms with Crippen LogP contribution in [-0.4, -0.2) is 15.1 Å². The van der Waals surface area contributed by atoms with Crippen LogP contribution in [0, 0.1) is 0 Å². The number of phenols is 1. The number of benzene rings is 1. The Morgan fingerprint density at radius 2 is 2.20 bits per heavy atom. The maximum Gasteiger partial charge on any atom is 0.140 e. The highest BCUT2D eigenvalue weighted by molar-refractivity contribution is 7.21. The lowest BCUT2D eigenvalue weighted by molar-refractivity contribution is 0.476. The van der Waals surface area contributed by atoms with Crippen LogP contribution in [0.25, 0.3) is 20.9 Å². The van der Waals surface area contributed by atoms with Crippen LogP contribution in [0.1, 0.15) is 0 Å². The lowest BCUT2D eigenvalue weighted by Crippen LogP contribution is -1.73. The molecule has 2 N–H and O–H groups in total. The molecule has 0 amide bonds. The van der Waals surface area contributed by atoms with E-state index >= 15 is 0 Å². The average Bonchev–Trinajstić information content (AvgIpc) is 2.84. The fraction of sp³-hybridized carbons (Fsp3) is 0. The van der Waals surface area contributed by atoms with Crippen molar-refractivity contribution in [2.75, 3.05) is 0 Å². The van der Waals surface area contributed by atoms with Gasteiger partial charge in [0.1, 0.15) is 10.8 Å². The van der Waals surface area contributed by atoms with Crippen LogP contribution < -0.4 is 0 Å². The van der Waals surface area contributed by atoms with Crippen LogP contribution >= 0.6 is 11.3 Å². The van der Waals surface area contributed by atoms with Gasteiger partial charge in [-0.1, -0.05) is 0 Å². The van der Waals surface area contributed by atoms with Crippen molar-refractivity contribution in [2.24, 2.45) is 0 Å². The minimum absolute atomic E-state index is 0.282. The molecule has 0 saturated carbocycles. The second-order valence-electron chi connectivity index (χ2n) is 3.25. The van der Waals surface area contributed by atoms with E-state index in [1.165, 1.54) is 0 Å².